The fourth-order valence-corrected chi connectivity index (χ4v) is 2.13. The second kappa shape index (κ2) is 4.75. The molecule has 1 amide bonds. The minimum atomic E-state index is -0.495. The predicted octanol–water partition coefficient (Wildman–Crippen LogP) is 1.36. The zero-order valence-corrected chi connectivity index (χ0v) is 10.7. The van der Waals surface area contributed by atoms with Gasteiger partial charge in [0.15, 0.2) is 0 Å². The van der Waals surface area contributed by atoms with Crippen LogP contribution in [0.15, 0.2) is 16.6 Å². The highest BCUT2D eigenvalue weighted by atomic mass is 79.9. The van der Waals surface area contributed by atoms with Crippen molar-refractivity contribution in [2.75, 3.05) is 20.3 Å². The zero-order chi connectivity index (χ0) is 12.4. The highest BCUT2D eigenvalue weighted by Gasteiger charge is 2.22. The normalized spacial score (nSPS) is 14.1. The van der Waals surface area contributed by atoms with Crippen molar-refractivity contribution in [1.29, 1.82) is 0 Å². The molecule has 5 nitrogen and oxygen atoms in total. The van der Waals surface area contributed by atoms with Crippen LogP contribution in [0, 0.1) is 0 Å². The van der Waals surface area contributed by atoms with Crippen molar-refractivity contribution in [1.82, 2.24) is 5.32 Å². The van der Waals surface area contributed by atoms with E-state index in [0.717, 1.165) is 0 Å². The van der Waals surface area contributed by atoms with Gasteiger partial charge in [0.05, 0.1) is 29.3 Å². The van der Waals surface area contributed by atoms with E-state index >= 15 is 0 Å². The number of esters is 1. The fourth-order valence-electron chi connectivity index (χ4n) is 1.56. The zero-order valence-electron chi connectivity index (χ0n) is 9.08. The van der Waals surface area contributed by atoms with E-state index in [2.05, 4.69) is 26.0 Å². The fraction of sp³-hybridized carbons (Fsp3) is 0.273. The van der Waals surface area contributed by atoms with Crippen molar-refractivity contribution >= 4 is 27.8 Å². The lowest BCUT2D eigenvalue weighted by Gasteiger charge is -2.09. The third-order valence-corrected chi connectivity index (χ3v) is 2.93. The van der Waals surface area contributed by atoms with Gasteiger partial charge in [-0.3, -0.25) is 4.79 Å². The largest absolute Gasteiger partial charge is 0.490 e. The van der Waals surface area contributed by atoms with Crippen LogP contribution in [0.5, 0.6) is 5.75 Å². The summed E-state index contributed by atoms with van der Waals surface area (Å²) in [5.74, 6) is -0.304. The van der Waals surface area contributed by atoms with Crippen molar-refractivity contribution < 1.29 is 19.1 Å². The maximum absolute atomic E-state index is 11.8. The molecule has 0 aromatic heterocycles. The number of benzene rings is 1. The molecule has 0 bridgehead atoms. The van der Waals surface area contributed by atoms with Crippen LogP contribution >= 0.6 is 15.9 Å². The summed E-state index contributed by atoms with van der Waals surface area (Å²) in [5, 5.41) is 2.68. The number of carbonyl (C=O) groups is 2. The van der Waals surface area contributed by atoms with Crippen LogP contribution in [-0.4, -0.2) is 32.1 Å². The number of carbonyl (C=O) groups excluding carboxylic acids is 2. The summed E-state index contributed by atoms with van der Waals surface area (Å²) in [6.07, 6.45) is 0. The first-order chi connectivity index (χ1) is 8.13. The van der Waals surface area contributed by atoms with Gasteiger partial charge < -0.3 is 14.8 Å². The summed E-state index contributed by atoms with van der Waals surface area (Å²) in [7, 11) is 1.29. The van der Waals surface area contributed by atoms with Crippen LogP contribution in [-0.2, 0) is 4.74 Å². The van der Waals surface area contributed by atoms with E-state index in [1.165, 1.54) is 13.2 Å². The third kappa shape index (κ3) is 2.26. The molecule has 0 spiro atoms. The monoisotopic (exact) mass is 299 g/mol. The van der Waals surface area contributed by atoms with Gasteiger partial charge >= 0.3 is 5.97 Å². The van der Waals surface area contributed by atoms with Crippen LogP contribution in [0.2, 0.25) is 0 Å². The van der Waals surface area contributed by atoms with Gasteiger partial charge in [-0.2, -0.15) is 0 Å². The van der Waals surface area contributed by atoms with Gasteiger partial charge in [-0.15, -0.1) is 0 Å². The predicted molar refractivity (Wildman–Crippen MR) is 63.3 cm³/mol. The van der Waals surface area contributed by atoms with Crippen molar-refractivity contribution in [2.24, 2.45) is 0 Å². The molecule has 1 aliphatic rings. The number of methoxy groups -OCH3 is 1. The van der Waals surface area contributed by atoms with Gasteiger partial charge in [0, 0.05) is 0 Å². The summed E-state index contributed by atoms with van der Waals surface area (Å²) in [5.41, 5.74) is 0.635. The molecule has 0 radical (unpaired) electrons. The Labute approximate surface area is 106 Å². The lowest BCUT2D eigenvalue weighted by Crippen LogP contribution is -2.24. The number of hydrogen-bond acceptors (Lipinski definition) is 4. The number of ether oxygens (including phenoxy) is 2. The Balaban J connectivity index is 2.54. The van der Waals surface area contributed by atoms with E-state index in [4.69, 9.17) is 4.74 Å². The van der Waals surface area contributed by atoms with Crippen molar-refractivity contribution in [2.45, 2.75) is 0 Å². The molecule has 1 aromatic rings. The lowest BCUT2D eigenvalue weighted by molar-refractivity contribution is 0.0600. The first-order valence-electron chi connectivity index (χ1n) is 4.96. The number of hydrogen-bond donors (Lipinski definition) is 1. The summed E-state index contributed by atoms with van der Waals surface area (Å²) in [6, 6.07) is 3.04. The molecule has 0 saturated heterocycles. The molecule has 1 aliphatic heterocycles. The maximum Gasteiger partial charge on any atom is 0.337 e. The average molecular weight is 300 g/mol. The summed E-state index contributed by atoms with van der Waals surface area (Å²) >= 11 is 3.28. The number of rotatable bonds is 1. The molecule has 0 unspecified atom stereocenters. The number of nitrogens with one attached hydrogen (secondary N) is 1. The van der Waals surface area contributed by atoms with Crippen LogP contribution in [0.1, 0.15) is 20.7 Å². The second-order valence-electron chi connectivity index (χ2n) is 3.43. The number of halogens is 1. The molecule has 90 valence electrons. The first-order valence-corrected chi connectivity index (χ1v) is 5.75. The molecule has 2 rings (SSSR count). The van der Waals surface area contributed by atoms with Crippen molar-refractivity contribution in [3.8, 4) is 5.75 Å². The summed E-state index contributed by atoms with van der Waals surface area (Å²) < 4.78 is 10.6. The van der Waals surface area contributed by atoms with E-state index in [1.807, 2.05) is 0 Å². The first kappa shape index (κ1) is 11.9. The van der Waals surface area contributed by atoms with Gasteiger partial charge in [0.25, 0.3) is 5.91 Å². The second-order valence-corrected chi connectivity index (χ2v) is 4.29. The molecule has 0 saturated carbocycles. The van der Waals surface area contributed by atoms with Gasteiger partial charge in [0.2, 0.25) is 0 Å². The molecule has 0 aliphatic carbocycles. The van der Waals surface area contributed by atoms with Crippen molar-refractivity contribution in [3.63, 3.8) is 0 Å². The smallest absolute Gasteiger partial charge is 0.337 e. The topological polar surface area (TPSA) is 64.6 Å². The van der Waals surface area contributed by atoms with Gasteiger partial charge in [-0.05, 0) is 28.1 Å². The molecule has 17 heavy (non-hydrogen) atoms. The molecular formula is C11H10BrNO4. The van der Waals surface area contributed by atoms with E-state index in [1.54, 1.807) is 6.07 Å². The Kier molecular flexibility index (Phi) is 3.33. The quantitative estimate of drug-likeness (QED) is 0.795. The standard InChI is InChI=1S/C11H10BrNO4/c1-16-11(15)6-4-7-9(8(12)5-6)17-3-2-13-10(7)14/h4-5H,2-3H2,1H3,(H,13,14). The molecule has 0 fully saturated rings. The van der Waals surface area contributed by atoms with Gasteiger partial charge in [-0.1, -0.05) is 0 Å². The van der Waals surface area contributed by atoms with Gasteiger partial charge in [-0.25, -0.2) is 4.79 Å². The Morgan fingerprint density at radius 2 is 2.29 bits per heavy atom. The van der Waals surface area contributed by atoms with Gasteiger partial charge in [0.1, 0.15) is 12.4 Å². The minimum absolute atomic E-state index is 0.260. The number of fused-ring (bicyclic) bond motifs is 1. The Hall–Kier alpha value is -1.56. The Morgan fingerprint density at radius 1 is 1.53 bits per heavy atom. The Bertz CT molecular complexity index is 487. The molecular weight excluding hydrogens is 290 g/mol. The van der Waals surface area contributed by atoms with E-state index in [9.17, 15) is 9.59 Å². The molecule has 1 aromatic carbocycles. The van der Waals surface area contributed by atoms with Crippen molar-refractivity contribution in [3.05, 3.63) is 27.7 Å². The average Bonchev–Trinajstić information content (AvgIpc) is 2.51. The van der Waals surface area contributed by atoms with Crippen LogP contribution in [0.25, 0.3) is 0 Å². The molecule has 1 N–H and O–H groups in total. The lowest BCUT2D eigenvalue weighted by atomic mass is 10.1. The molecule has 1 heterocycles. The SMILES string of the molecule is COC(=O)c1cc(Br)c2c(c1)C(=O)NCCO2. The third-order valence-electron chi connectivity index (χ3n) is 2.34. The molecule has 0 atom stereocenters. The highest BCUT2D eigenvalue weighted by molar-refractivity contribution is 9.10. The van der Waals surface area contributed by atoms with Crippen LogP contribution < -0.4 is 10.1 Å². The maximum atomic E-state index is 11.8. The Morgan fingerprint density at radius 3 is 3.00 bits per heavy atom. The minimum Gasteiger partial charge on any atom is -0.490 e. The summed E-state index contributed by atoms with van der Waals surface area (Å²) in [4.78, 5) is 23.2. The summed E-state index contributed by atoms with van der Waals surface area (Å²) in [6.45, 7) is 0.836. The number of amides is 1. The highest BCUT2D eigenvalue weighted by Crippen LogP contribution is 2.32. The van der Waals surface area contributed by atoms with E-state index in [-0.39, 0.29) is 5.91 Å². The van der Waals surface area contributed by atoms with Crippen LogP contribution in [0.3, 0.4) is 0 Å². The van der Waals surface area contributed by atoms with E-state index in [0.29, 0.717) is 34.5 Å². The molecule has 6 heteroatoms. The van der Waals surface area contributed by atoms with Crippen LogP contribution in [0.4, 0.5) is 0 Å². The van der Waals surface area contributed by atoms with E-state index < -0.39 is 5.97 Å².